The van der Waals surface area contributed by atoms with Gasteiger partial charge in [0.05, 0.1) is 0 Å². The Morgan fingerprint density at radius 2 is 2.14 bits per heavy atom. The number of aromatic amines is 1. The third-order valence-corrected chi connectivity index (χ3v) is 4.39. The van der Waals surface area contributed by atoms with Gasteiger partial charge in [-0.2, -0.15) is 0 Å². The van der Waals surface area contributed by atoms with Crippen molar-refractivity contribution in [1.29, 1.82) is 0 Å². The first kappa shape index (κ1) is 13.6. The zero-order valence-corrected chi connectivity index (χ0v) is 12.8. The summed E-state index contributed by atoms with van der Waals surface area (Å²) in [5.41, 5.74) is 2.42. The third kappa shape index (κ3) is 2.68. The maximum absolute atomic E-state index is 5.66. The molecule has 0 radical (unpaired) electrons. The lowest BCUT2D eigenvalue weighted by molar-refractivity contribution is 0.171. The Balaban J connectivity index is 1.42. The van der Waals surface area contributed by atoms with Gasteiger partial charge in [-0.1, -0.05) is 6.07 Å². The average molecular weight is 299 g/mol. The molecule has 1 aromatic heterocycles. The van der Waals surface area contributed by atoms with Crippen molar-refractivity contribution < 1.29 is 9.47 Å². The second-order valence-corrected chi connectivity index (χ2v) is 6.15. The Kier molecular flexibility index (Phi) is 3.50. The van der Waals surface area contributed by atoms with E-state index in [2.05, 4.69) is 33.9 Å². The minimum absolute atomic E-state index is 0.519. The molecule has 1 aromatic carbocycles. The first-order chi connectivity index (χ1) is 10.8. The minimum Gasteiger partial charge on any atom is -0.486 e. The van der Waals surface area contributed by atoms with Crippen LogP contribution in [0.1, 0.15) is 29.4 Å². The van der Waals surface area contributed by atoms with Gasteiger partial charge in [0.2, 0.25) is 0 Å². The highest BCUT2D eigenvalue weighted by atomic mass is 16.6. The molecule has 2 aliphatic heterocycles. The van der Waals surface area contributed by atoms with Gasteiger partial charge in [0.25, 0.3) is 0 Å². The number of imidazole rings is 1. The topological polar surface area (TPSA) is 50.4 Å². The molecule has 0 spiro atoms. The Morgan fingerprint density at radius 1 is 1.27 bits per heavy atom. The molecule has 22 heavy (non-hydrogen) atoms. The van der Waals surface area contributed by atoms with Gasteiger partial charge in [0.15, 0.2) is 11.5 Å². The normalized spacial score (nSPS) is 21.2. The van der Waals surface area contributed by atoms with Gasteiger partial charge in [-0.3, -0.25) is 4.90 Å². The van der Waals surface area contributed by atoms with E-state index in [1.165, 1.54) is 5.56 Å². The molecular weight excluding hydrogens is 278 g/mol. The van der Waals surface area contributed by atoms with Crippen molar-refractivity contribution in [2.75, 3.05) is 26.3 Å². The van der Waals surface area contributed by atoms with E-state index in [1.54, 1.807) is 0 Å². The number of H-pyrrole nitrogens is 1. The fourth-order valence-corrected chi connectivity index (χ4v) is 3.28. The molecule has 0 aliphatic carbocycles. The Morgan fingerprint density at radius 3 is 2.95 bits per heavy atom. The fourth-order valence-electron chi connectivity index (χ4n) is 3.28. The second kappa shape index (κ2) is 5.65. The highest BCUT2D eigenvalue weighted by molar-refractivity contribution is 5.43. The maximum atomic E-state index is 5.66. The first-order valence-corrected chi connectivity index (χ1v) is 7.90. The Bertz CT molecular complexity index is 668. The van der Waals surface area contributed by atoms with Gasteiger partial charge in [-0.05, 0) is 37.6 Å². The van der Waals surface area contributed by atoms with Gasteiger partial charge in [-0.25, -0.2) is 4.98 Å². The van der Waals surface area contributed by atoms with Crippen LogP contribution in [0.4, 0.5) is 0 Å². The predicted octanol–water partition coefficient (Wildman–Crippen LogP) is 2.48. The summed E-state index contributed by atoms with van der Waals surface area (Å²) in [6.07, 6.45) is 3.08. The number of fused-ring (bicyclic) bond motifs is 1. The number of hydrogen-bond donors (Lipinski definition) is 1. The summed E-state index contributed by atoms with van der Waals surface area (Å²) < 4.78 is 11.2. The summed E-state index contributed by atoms with van der Waals surface area (Å²) in [5, 5.41) is 0. The number of aromatic nitrogens is 2. The quantitative estimate of drug-likeness (QED) is 0.946. The van der Waals surface area contributed by atoms with E-state index in [0.717, 1.165) is 49.1 Å². The van der Waals surface area contributed by atoms with Crippen LogP contribution in [0, 0.1) is 6.92 Å². The van der Waals surface area contributed by atoms with Gasteiger partial charge >= 0.3 is 0 Å². The molecular formula is C17H21N3O2. The SMILES string of the molecule is Cc1cnc(C2CCN(Cc3ccc4c(c3)OCCO4)C2)[nH]1. The van der Waals surface area contributed by atoms with Crippen molar-refractivity contribution in [1.82, 2.24) is 14.9 Å². The number of likely N-dealkylation sites (tertiary alicyclic amines) is 1. The lowest BCUT2D eigenvalue weighted by Crippen LogP contribution is -2.20. The number of nitrogens with one attached hydrogen (secondary N) is 1. The lowest BCUT2D eigenvalue weighted by Gasteiger charge is -2.20. The van der Waals surface area contributed by atoms with E-state index in [-0.39, 0.29) is 0 Å². The van der Waals surface area contributed by atoms with E-state index in [1.807, 2.05) is 12.3 Å². The van der Waals surface area contributed by atoms with Crippen LogP contribution in [0.3, 0.4) is 0 Å². The number of nitrogens with zero attached hydrogens (tertiary/aromatic N) is 2. The zero-order chi connectivity index (χ0) is 14.9. The van der Waals surface area contributed by atoms with Crippen molar-refractivity contribution in [2.45, 2.75) is 25.8 Å². The predicted molar refractivity (Wildman–Crippen MR) is 83.4 cm³/mol. The van der Waals surface area contributed by atoms with E-state index in [4.69, 9.17) is 9.47 Å². The van der Waals surface area contributed by atoms with Crippen LogP contribution >= 0.6 is 0 Å². The van der Waals surface area contributed by atoms with Crippen LogP contribution < -0.4 is 9.47 Å². The van der Waals surface area contributed by atoms with Crippen LogP contribution in [0.25, 0.3) is 0 Å². The summed E-state index contributed by atoms with van der Waals surface area (Å²) >= 11 is 0. The van der Waals surface area contributed by atoms with E-state index in [9.17, 15) is 0 Å². The summed E-state index contributed by atoms with van der Waals surface area (Å²) in [5.74, 6) is 3.38. The number of ether oxygens (including phenoxy) is 2. The molecule has 5 nitrogen and oxygen atoms in total. The van der Waals surface area contributed by atoms with Crippen LogP contribution in [-0.4, -0.2) is 41.2 Å². The molecule has 1 fully saturated rings. The van der Waals surface area contributed by atoms with Crippen molar-refractivity contribution >= 4 is 0 Å². The maximum Gasteiger partial charge on any atom is 0.161 e. The second-order valence-electron chi connectivity index (χ2n) is 6.15. The van der Waals surface area contributed by atoms with Crippen molar-refractivity contribution in [3.8, 4) is 11.5 Å². The zero-order valence-electron chi connectivity index (χ0n) is 12.8. The minimum atomic E-state index is 0.519. The summed E-state index contributed by atoms with van der Waals surface area (Å²) in [6, 6.07) is 6.27. The molecule has 1 unspecified atom stereocenters. The van der Waals surface area contributed by atoms with Crippen LogP contribution in [0.2, 0.25) is 0 Å². The van der Waals surface area contributed by atoms with Crippen molar-refractivity contribution in [3.63, 3.8) is 0 Å². The first-order valence-electron chi connectivity index (χ1n) is 7.90. The largest absolute Gasteiger partial charge is 0.486 e. The molecule has 0 saturated carbocycles. The molecule has 3 heterocycles. The summed E-state index contributed by atoms with van der Waals surface area (Å²) in [6.45, 7) is 6.45. The molecule has 0 bridgehead atoms. The monoisotopic (exact) mass is 299 g/mol. The highest BCUT2D eigenvalue weighted by Crippen LogP contribution is 2.32. The standard InChI is InChI=1S/C17H21N3O2/c1-12-9-18-17(19-12)14-4-5-20(11-14)10-13-2-3-15-16(8-13)22-7-6-21-15/h2-3,8-9,14H,4-7,10-11H2,1H3,(H,18,19). The number of benzene rings is 1. The van der Waals surface area contributed by atoms with Crippen LogP contribution in [0.5, 0.6) is 11.5 Å². The molecule has 5 heteroatoms. The van der Waals surface area contributed by atoms with Crippen LogP contribution in [-0.2, 0) is 6.54 Å². The number of hydrogen-bond acceptors (Lipinski definition) is 4. The van der Waals surface area contributed by atoms with Crippen molar-refractivity contribution in [3.05, 3.63) is 41.5 Å². The van der Waals surface area contributed by atoms with Crippen molar-refractivity contribution in [2.24, 2.45) is 0 Å². The number of rotatable bonds is 3. The highest BCUT2D eigenvalue weighted by Gasteiger charge is 2.26. The molecule has 4 rings (SSSR count). The molecule has 116 valence electrons. The van der Waals surface area contributed by atoms with E-state index < -0.39 is 0 Å². The van der Waals surface area contributed by atoms with E-state index >= 15 is 0 Å². The van der Waals surface area contributed by atoms with Gasteiger partial charge in [0.1, 0.15) is 19.0 Å². The Hall–Kier alpha value is -2.01. The lowest BCUT2D eigenvalue weighted by atomic mass is 10.1. The van der Waals surface area contributed by atoms with Gasteiger partial charge < -0.3 is 14.5 Å². The number of aryl methyl sites for hydroxylation is 1. The third-order valence-electron chi connectivity index (χ3n) is 4.39. The molecule has 1 saturated heterocycles. The average Bonchev–Trinajstić information content (AvgIpc) is 3.16. The van der Waals surface area contributed by atoms with Crippen LogP contribution in [0.15, 0.2) is 24.4 Å². The molecule has 1 N–H and O–H groups in total. The summed E-state index contributed by atoms with van der Waals surface area (Å²) in [4.78, 5) is 10.3. The molecule has 2 aliphatic rings. The summed E-state index contributed by atoms with van der Waals surface area (Å²) in [7, 11) is 0. The van der Waals surface area contributed by atoms with E-state index in [0.29, 0.717) is 19.1 Å². The molecule has 2 aromatic rings. The Labute approximate surface area is 130 Å². The molecule has 0 amide bonds. The molecule has 1 atom stereocenters. The van der Waals surface area contributed by atoms with Gasteiger partial charge in [-0.15, -0.1) is 0 Å². The van der Waals surface area contributed by atoms with Gasteiger partial charge in [0, 0.05) is 30.9 Å². The smallest absolute Gasteiger partial charge is 0.161 e. The fraction of sp³-hybridized carbons (Fsp3) is 0.471.